The number of hydrogen-bond donors (Lipinski definition) is 1. The van der Waals surface area contributed by atoms with E-state index in [9.17, 15) is 14.4 Å². The first kappa shape index (κ1) is 21.8. The van der Waals surface area contributed by atoms with Crippen LogP contribution >= 0.6 is 0 Å². The minimum Gasteiger partial charge on any atom is -0.493 e. The molecule has 0 bridgehead atoms. The minimum atomic E-state index is -0.506. The Labute approximate surface area is 187 Å². The zero-order valence-corrected chi connectivity index (χ0v) is 18.2. The number of nitrogens with one attached hydrogen (secondary N) is 1. The molecule has 2 heterocycles. The molecule has 2 aliphatic rings. The van der Waals surface area contributed by atoms with E-state index in [-0.39, 0.29) is 30.1 Å². The van der Waals surface area contributed by atoms with Gasteiger partial charge in [-0.05, 0) is 50.2 Å². The summed E-state index contributed by atoms with van der Waals surface area (Å²) in [6.07, 6.45) is 1.42. The molecule has 3 amide bonds. The molecule has 0 radical (unpaired) electrons. The number of anilines is 2. The Morgan fingerprint density at radius 3 is 2.31 bits per heavy atom. The molecule has 0 saturated carbocycles. The van der Waals surface area contributed by atoms with E-state index in [1.165, 1.54) is 19.1 Å². The van der Waals surface area contributed by atoms with E-state index in [1.54, 1.807) is 18.2 Å². The summed E-state index contributed by atoms with van der Waals surface area (Å²) in [5.74, 6) is 0.393. The third-order valence-electron chi connectivity index (χ3n) is 6.13. The van der Waals surface area contributed by atoms with E-state index in [0.717, 1.165) is 5.69 Å². The summed E-state index contributed by atoms with van der Waals surface area (Å²) >= 11 is 0. The number of hydrogen-bond acceptors (Lipinski definition) is 6. The minimum absolute atomic E-state index is 0.00312. The average Bonchev–Trinajstić information content (AvgIpc) is 3.13. The van der Waals surface area contributed by atoms with Crippen molar-refractivity contribution in [3.8, 4) is 11.5 Å². The van der Waals surface area contributed by atoms with Crippen molar-refractivity contribution in [2.24, 2.45) is 5.92 Å². The lowest BCUT2D eigenvalue weighted by Gasteiger charge is -2.34. The van der Waals surface area contributed by atoms with Gasteiger partial charge in [0, 0.05) is 17.7 Å². The molecule has 0 aliphatic carbocycles. The third kappa shape index (κ3) is 4.31. The number of imide groups is 1. The van der Waals surface area contributed by atoms with Crippen molar-refractivity contribution in [1.82, 2.24) is 4.90 Å². The fraction of sp³-hybridized carbons (Fsp3) is 0.375. The van der Waals surface area contributed by atoms with Crippen LogP contribution in [-0.2, 0) is 14.4 Å². The van der Waals surface area contributed by atoms with Gasteiger partial charge in [-0.1, -0.05) is 18.2 Å². The lowest BCUT2D eigenvalue weighted by molar-refractivity contribution is -0.123. The fourth-order valence-corrected chi connectivity index (χ4v) is 4.38. The number of methoxy groups -OCH3 is 2. The summed E-state index contributed by atoms with van der Waals surface area (Å²) in [7, 11) is 3.04. The number of carbonyl (C=O) groups excluding carboxylic acids is 3. The van der Waals surface area contributed by atoms with Crippen molar-refractivity contribution < 1.29 is 23.9 Å². The van der Waals surface area contributed by atoms with Gasteiger partial charge in [-0.15, -0.1) is 0 Å². The molecule has 1 N–H and O–H groups in total. The van der Waals surface area contributed by atoms with E-state index in [2.05, 4.69) is 5.32 Å². The summed E-state index contributed by atoms with van der Waals surface area (Å²) in [6, 6.07) is 13.9. The molecule has 2 aliphatic heterocycles. The molecular formula is C24H27N3O5. The van der Waals surface area contributed by atoms with Crippen LogP contribution in [0.15, 0.2) is 48.5 Å². The molecule has 2 saturated heterocycles. The highest BCUT2D eigenvalue weighted by Gasteiger charge is 2.44. The monoisotopic (exact) mass is 437 g/mol. The highest BCUT2D eigenvalue weighted by atomic mass is 16.5. The highest BCUT2D eigenvalue weighted by Crippen LogP contribution is 2.35. The number of rotatable bonds is 6. The van der Waals surface area contributed by atoms with Crippen molar-refractivity contribution in [1.29, 1.82) is 0 Å². The summed E-state index contributed by atoms with van der Waals surface area (Å²) in [6.45, 7) is 1.19. The van der Waals surface area contributed by atoms with E-state index >= 15 is 0 Å². The number of ether oxygens (including phenoxy) is 2. The Hall–Kier alpha value is -3.39. The van der Waals surface area contributed by atoms with Crippen molar-refractivity contribution in [3.05, 3.63) is 48.5 Å². The van der Waals surface area contributed by atoms with Crippen molar-refractivity contribution >= 4 is 29.1 Å². The van der Waals surface area contributed by atoms with Crippen LogP contribution < -0.4 is 19.7 Å². The van der Waals surface area contributed by atoms with E-state index in [4.69, 9.17) is 9.47 Å². The molecule has 0 spiro atoms. The average molecular weight is 437 g/mol. The van der Waals surface area contributed by atoms with Crippen molar-refractivity contribution in [2.75, 3.05) is 37.5 Å². The Bertz CT molecular complexity index is 1000. The van der Waals surface area contributed by atoms with Crippen LogP contribution in [0.2, 0.25) is 0 Å². The first-order chi connectivity index (χ1) is 15.5. The normalized spacial score (nSPS) is 19.8. The molecule has 8 heteroatoms. The fourth-order valence-electron chi connectivity index (χ4n) is 4.38. The van der Waals surface area contributed by atoms with Gasteiger partial charge < -0.3 is 14.8 Å². The van der Waals surface area contributed by atoms with Crippen LogP contribution in [0, 0.1) is 5.92 Å². The molecular weight excluding hydrogens is 410 g/mol. The van der Waals surface area contributed by atoms with E-state index < -0.39 is 6.04 Å². The van der Waals surface area contributed by atoms with Crippen LogP contribution in [0.25, 0.3) is 0 Å². The Kier molecular flexibility index (Phi) is 6.41. The summed E-state index contributed by atoms with van der Waals surface area (Å²) in [5, 5.41) is 2.95. The largest absolute Gasteiger partial charge is 0.493 e. The SMILES string of the molecule is COc1ccc(N2C(=O)C[C@H](N3CCC(C(=O)Nc4ccccc4)CC3)C2=O)cc1OC. The Morgan fingerprint density at radius 1 is 0.969 bits per heavy atom. The van der Waals surface area contributed by atoms with Crippen LogP contribution in [0.1, 0.15) is 19.3 Å². The maximum absolute atomic E-state index is 13.1. The smallest absolute Gasteiger partial charge is 0.251 e. The molecule has 168 valence electrons. The second kappa shape index (κ2) is 9.40. The van der Waals surface area contributed by atoms with Crippen LogP contribution in [0.3, 0.4) is 0 Å². The van der Waals surface area contributed by atoms with Gasteiger partial charge in [-0.3, -0.25) is 19.3 Å². The third-order valence-corrected chi connectivity index (χ3v) is 6.13. The molecule has 32 heavy (non-hydrogen) atoms. The van der Waals surface area contributed by atoms with Gasteiger partial charge in [0.2, 0.25) is 11.8 Å². The zero-order valence-electron chi connectivity index (χ0n) is 18.2. The van der Waals surface area contributed by atoms with Gasteiger partial charge in [-0.2, -0.15) is 0 Å². The lowest BCUT2D eigenvalue weighted by Crippen LogP contribution is -2.47. The van der Waals surface area contributed by atoms with Gasteiger partial charge in [0.15, 0.2) is 11.5 Å². The van der Waals surface area contributed by atoms with Gasteiger partial charge in [0.05, 0.1) is 32.4 Å². The zero-order chi connectivity index (χ0) is 22.7. The van der Waals surface area contributed by atoms with Gasteiger partial charge in [-0.25, -0.2) is 4.90 Å². The van der Waals surface area contributed by atoms with E-state index in [1.807, 2.05) is 35.2 Å². The van der Waals surface area contributed by atoms with Gasteiger partial charge in [0.25, 0.3) is 5.91 Å². The number of benzene rings is 2. The molecule has 0 unspecified atom stereocenters. The van der Waals surface area contributed by atoms with Crippen molar-refractivity contribution in [3.63, 3.8) is 0 Å². The molecule has 1 atom stereocenters. The Morgan fingerprint density at radius 2 is 1.66 bits per heavy atom. The first-order valence-electron chi connectivity index (χ1n) is 10.7. The summed E-state index contributed by atoms with van der Waals surface area (Å²) < 4.78 is 10.5. The quantitative estimate of drug-likeness (QED) is 0.699. The van der Waals surface area contributed by atoms with Crippen LogP contribution in [0.4, 0.5) is 11.4 Å². The predicted octanol–water partition coefficient (Wildman–Crippen LogP) is 2.69. The maximum Gasteiger partial charge on any atom is 0.251 e. The number of likely N-dealkylation sites (tertiary alicyclic amines) is 1. The van der Waals surface area contributed by atoms with Gasteiger partial charge in [0.1, 0.15) is 0 Å². The lowest BCUT2D eigenvalue weighted by atomic mass is 9.94. The molecule has 2 aromatic rings. The van der Waals surface area contributed by atoms with Gasteiger partial charge >= 0.3 is 0 Å². The number of piperidine rings is 1. The molecule has 2 fully saturated rings. The maximum atomic E-state index is 13.1. The van der Waals surface area contributed by atoms with E-state index in [0.29, 0.717) is 43.1 Å². The number of carbonyl (C=O) groups is 3. The highest BCUT2D eigenvalue weighted by molar-refractivity contribution is 6.22. The Balaban J connectivity index is 1.39. The van der Waals surface area contributed by atoms with Crippen LogP contribution in [0.5, 0.6) is 11.5 Å². The molecule has 8 nitrogen and oxygen atoms in total. The summed E-state index contributed by atoms with van der Waals surface area (Å²) in [4.78, 5) is 41.7. The predicted molar refractivity (Wildman–Crippen MR) is 120 cm³/mol. The molecule has 2 aromatic carbocycles. The van der Waals surface area contributed by atoms with Crippen molar-refractivity contribution in [2.45, 2.75) is 25.3 Å². The number of amides is 3. The first-order valence-corrected chi connectivity index (χ1v) is 10.7. The summed E-state index contributed by atoms with van der Waals surface area (Å²) in [5.41, 5.74) is 1.25. The number of para-hydroxylation sites is 1. The second-order valence-corrected chi connectivity index (χ2v) is 7.99. The number of nitrogens with zero attached hydrogens (tertiary/aromatic N) is 2. The van der Waals surface area contributed by atoms with Crippen LogP contribution in [-0.4, -0.2) is 56.0 Å². The standard InChI is InChI=1S/C24H27N3O5/c1-31-20-9-8-18(14-21(20)32-2)27-22(28)15-19(24(27)30)26-12-10-16(11-13-26)23(29)25-17-6-4-3-5-7-17/h3-9,14,16,19H,10-13,15H2,1-2H3,(H,25,29)/t19-/m0/s1. The molecule has 0 aromatic heterocycles. The second-order valence-electron chi connectivity index (χ2n) is 7.99. The molecule has 4 rings (SSSR count). The topological polar surface area (TPSA) is 88.2 Å².